The topological polar surface area (TPSA) is 38.1 Å². The van der Waals surface area contributed by atoms with Crippen molar-refractivity contribution in [1.82, 2.24) is 14.5 Å². The number of aromatic nitrogens is 2. The number of carbonyl (C=O) groups excluding carboxylic acids is 1. The van der Waals surface area contributed by atoms with Gasteiger partial charge in [-0.05, 0) is 37.5 Å². The van der Waals surface area contributed by atoms with Gasteiger partial charge in [-0.1, -0.05) is 42.0 Å². The highest BCUT2D eigenvalue weighted by molar-refractivity contribution is 5.81. The summed E-state index contributed by atoms with van der Waals surface area (Å²) in [6.45, 7) is 3.74. The van der Waals surface area contributed by atoms with E-state index in [2.05, 4.69) is 58.9 Å². The Morgan fingerprint density at radius 1 is 1.12 bits per heavy atom. The zero-order valence-corrected chi connectivity index (χ0v) is 15.1. The molecule has 1 amide bonds. The number of para-hydroxylation sites is 2. The Kier molecular flexibility index (Phi) is 3.59. The molecule has 0 bridgehead atoms. The molecule has 2 aromatic carbocycles. The minimum atomic E-state index is 0.195. The van der Waals surface area contributed by atoms with Crippen molar-refractivity contribution in [2.75, 3.05) is 6.54 Å². The summed E-state index contributed by atoms with van der Waals surface area (Å²) < 4.78 is 2.32. The van der Waals surface area contributed by atoms with Gasteiger partial charge in [0.25, 0.3) is 0 Å². The summed E-state index contributed by atoms with van der Waals surface area (Å²) in [6, 6.07) is 17.4. The number of rotatable bonds is 4. The van der Waals surface area contributed by atoms with E-state index in [0.29, 0.717) is 18.4 Å². The van der Waals surface area contributed by atoms with Crippen molar-refractivity contribution in [3.8, 4) is 0 Å². The van der Waals surface area contributed by atoms with Gasteiger partial charge in [0.1, 0.15) is 5.82 Å². The summed E-state index contributed by atoms with van der Waals surface area (Å²) in [5, 5.41) is 0. The molecule has 1 aromatic heterocycles. The van der Waals surface area contributed by atoms with Crippen LogP contribution < -0.4 is 0 Å². The third kappa shape index (κ3) is 2.70. The fraction of sp³-hybridized carbons (Fsp3) is 0.364. The van der Waals surface area contributed by atoms with Crippen LogP contribution in [0.4, 0.5) is 0 Å². The van der Waals surface area contributed by atoms with Crippen LogP contribution in [0.2, 0.25) is 0 Å². The zero-order chi connectivity index (χ0) is 17.7. The van der Waals surface area contributed by atoms with Gasteiger partial charge in [-0.15, -0.1) is 0 Å². The lowest BCUT2D eigenvalue weighted by atomic mass is 10.1. The van der Waals surface area contributed by atoms with E-state index in [9.17, 15) is 4.79 Å². The first kappa shape index (κ1) is 15.6. The number of benzene rings is 2. The van der Waals surface area contributed by atoms with Crippen LogP contribution in [0.5, 0.6) is 0 Å². The number of hydrogen-bond donors (Lipinski definition) is 0. The third-order valence-corrected chi connectivity index (χ3v) is 5.62. The van der Waals surface area contributed by atoms with Gasteiger partial charge >= 0.3 is 0 Å². The number of fused-ring (bicyclic) bond motifs is 1. The van der Waals surface area contributed by atoms with Crippen LogP contribution in [-0.2, 0) is 11.3 Å². The summed E-state index contributed by atoms with van der Waals surface area (Å²) >= 11 is 0. The van der Waals surface area contributed by atoms with E-state index in [-0.39, 0.29) is 5.92 Å². The molecule has 0 spiro atoms. The molecule has 2 fully saturated rings. The second kappa shape index (κ2) is 5.97. The van der Waals surface area contributed by atoms with Crippen LogP contribution in [0.25, 0.3) is 11.0 Å². The zero-order valence-electron chi connectivity index (χ0n) is 15.1. The molecule has 5 rings (SSSR count). The molecular weight excluding hydrogens is 322 g/mol. The van der Waals surface area contributed by atoms with E-state index in [1.54, 1.807) is 0 Å². The predicted octanol–water partition coefficient (Wildman–Crippen LogP) is 3.87. The molecule has 0 N–H and O–H groups in total. The monoisotopic (exact) mass is 345 g/mol. The third-order valence-electron chi connectivity index (χ3n) is 5.62. The van der Waals surface area contributed by atoms with Crippen molar-refractivity contribution in [2.45, 2.75) is 44.7 Å². The highest BCUT2D eigenvalue weighted by Crippen LogP contribution is 2.37. The average Bonchev–Trinajstić information content (AvgIpc) is 3.31. The molecule has 1 unspecified atom stereocenters. The van der Waals surface area contributed by atoms with Gasteiger partial charge in [0.2, 0.25) is 5.91 Å². The van der Waals surface area contributed by atoms with Gasteiger partial charge in [0, 0.05) is 31.5 Å². The van der Waals surface area contributed by atoms with Crippen molar-refractivity contribution < 1.29 is 4.79 Å². The van der Waals surface area contributed by atoms with Crippen molar-refractivity contribution in [1.29, 1.82) is 0 Å². The number of likely N-dealkylation sites (tertiary alicyclic amines) is 1. The van der Waals surface area contributed by atoms with Gasteiger partial charge in [0.05, 0.1) is 11.0 Å². The van der Waals surface area contributed by atoms with Crippen molar-refractivity contribution in [3.63, 3.8) is 0 Å². The summed E-state index contributed by atoms with van der Waals surface area (Å²) in [4.78, 5) is 19.5. The lowest BCUT2D eigenvalue weighted by Gasteiger charge is -2.16. The van der Waals surface area contributed by atoms with Crippen LogP contribution in [0.15, 0.2) is 48.5 Å². The number of aryl methyl sites for hydroxylation is 1. The van der Waals surface area contributed by atoms with Crippen molar-refractivity contribution in [2.24, 2.45) is 0 Å². The Balaban J connectivity index is 1.55. The average molecular weight is 345 g/mol. The van der Waals surface area contributed by atoms with Crippen LogP contribution in [-0.4, -0.2) is 32.9 Å². The number of nitrogens with zero attached hydrogens (tertiary/aromatic N) is 3. The molecule has 2 aliphatic rings. The fourth-order valence-corrected chi connectivity index (χ4v) is 4.21. The quantitative estimate of drug-likeness (QED) is 0.720. The molecular formula is C22H23N3O. The number of carbonyl (C=O) groups is 1. The first-order valence-electron chi connectivity index (χ1n) is 9.49. The van der Waals surface area contributed by atoms with E-state index in [0.717, 1.165) is 42.8 Å². The van der Waals surface area contributed by atoms with Crippen LogP contribution in [0.3, 0.4) is 0 Å². The number of hydrogen-bond acceptors (Lipinski definition) is 2. The molecule has 1 aliphatic heterocycles. The number of amides is 1. The molecule has 0 radical (unpaired) electrons. The molecule has 4 nitrogen and oxygen atoms in total. The fourth-order valence-electron chi connectivity index (χ4n) is 4.21. The van der Waals surface area contributed by atoms with E-state index in [1.165, 1.54) is 11.1 Å². The predicted molar refractivity (Wildman–Crippen MR) is 102 cm³/mol. The second-order valence-electron chi connectivity index (χ2n) is 7.71. The van der Waals surface area contributed by atoms with Gasteiger partial charge in [-0.3, -0.25) is 4.79 Å². The minimum Gasteiger partial charge on any atom is -0.339 e. The standard InChI is InChI=1S/C22H23N3O/c1-15-5-4-6-16(11-15)13-25-20-8-3-2-7-19(20)23-22(25)17-12-21(26)24(14-17)18-9-10-18/h2-8,11,17-18H,9-10,12-14H2,1H3. The highest BCUT2D eigenvalue weighted by atomic mass is 16.2. The Bertz CT molecular complexity index is 986. The lowest BCUT2D eigenvalue weighted by molar-refractivity contribution is -0.128. The van der Waals surface area contributed by atoms with Crippen molar-refractivity contribution in [3.05, 3.63) is 65.5 Å². The Morgan fingerprint density at radius 3 is 2.77 bits per heavy atom. The van der Waals surface area contributed by atoms with Crippen molar-refractivity contribution >= 4 is 16.9 Å². The molecule has 132 valence electrons. The van der Waals surface area contributed by atoms with Crippen LogP contribution in [0, 0.1) is 6.92 Å². The summed E-state index contributed by atoms with van der Waals surface area (Å²) in [6.07, 6.45) is 2.92. The van der Waals surface area contributed by atoms with Gasteiger partial charge in [-0.25, -0.2) is 4.98 Å². The van der Waals surface area contributed by atoms with Gasteiger partial charge < -0.3 is 9.47 Å². The normalized spacial score (nSPS) is 20.3. The number of imidazole rings is 1. The second-order valence-corrected chi connectivity index (χ2v) is 7.71. The Hall–Kier alpha value is -2.62. The van der Waals surface area contributed by atoms with Gasteiger partial charge in [-0.2, -0.15) is 0 Å². The first-order chi connectivity index (χ1) is 12.7. The van der Waals surface area contributed by atoms with E-state index >= 15 is 0 Å². The maximum absolute atomic E-state index is 12.5. The maximum atomic E-state index is 12.5. The molecule has 1 saturated carbocycles. The molecule has 26 heavy (non-hydrogen) atoms. The molecule has 1 saturated heterocycles. The van der Waals surface area contributed by atoms with Crippen LogP contribution in [0.1, 0.15) is 42.1 Å². The van der Waals surface area contributed by atoms with E-state index in [4.69, 9.17) is 4.98 Å². The first-order valence-corrected chi connectivity index (χ1v) is 9.49. The summed E-state index contributed by atoms with van der Waals surface area (Å²) in [7, 11) is 0. The Labute approximate surface area is 153 Å². The molecule has 1 atom stereocenters. The summed E-state index contributed by atoms with van der Waals surface area (Å²) in [5.41, 5.74) is 4.72. The summed E-state index contributed by atoms with van der Waals surface area (Å²) in [5.74, 6) is 1.55. The largest absolute Gasteiger partial charge is 0.339 e. The van der Waals surface area contributed by atoms with E-state index < -0.39 is 0 Å². The Morgan fingerprint density at radius 2 is 1.96 bits per heavy atom. The smallest absolute Gasteiger partial charge is 0.223 e. The molecule has 3 aromatic rings. The highest BCUT2D eigenvalue weighted by Gasteiger charge is 2.41. The molecule has 1 aliphatic carbocycles. The van der Waals surface area contributed by atoms with Crippen LogP contribution >= 0.6 is 0 Å². The SMILES string of the molecule is Cc1cccc(Cn2c(C3CC(=O)N(C4CC4)C3)nc3ccccc32)c1. The lowest BCUT2D eigenvalue weighted by Crippen LogP contribution is -2.27. The van der Waals surface area contributed by atoms with Gasteiger partial charge in [0.15, 0.2) is 0 Å². The van der Waals surface area contributed by atoms with E-state index in [1.807, 2.05) is 6.07 Å². The molecule has 4 heteroatoms. The maximum Gasteiger partial charge on any atom is 0.223 e. The molecule has 2 heterocycles. The minimum absolute atomic E-state index is 0.195.